The van der Waals surface area contributed by atoms with Crippen LogP contribution in [0.4, 0.5) is 0 Å². The molecule has 0 aromatic carbocycles. The molecule has 1 aromatic rings. The standard InChI is InChI=1S/C13H19N5O/c1-10(16(2)3)13(19)17-5-4-6-18-12(9-17)7-11(8-14)15-18/h7,10H,4-6,9H2,1-3H3/t10-/m1/s1. The summed E-state index contributed by atoms with van der Waals surface area (Å²) < 4.78 is 1.84. The SMILES string of the molecule is C[C@H](C(=O)N1CCCn2nc(C#N)cc2C1)N(C)C. The first kappa shape index (κ1) is 13.6. The zero-order valence-electron chi connectivity index (χ0n) is 11.6. The molecule has 1 atom stereocenters. The van der Waals surface area contributed by atoms with E-state index < -0.39 is 0 Å². The largest absolute Gasteiger partial charge is 0.335 e. The molecule has 19 heavy (non-hydrogen) atoms. The predicted octanol–water partition coefficient (Wildman–Crippen LogP) is 0.437. The Morgan fingerprint density at radius 2 is 2.26 bits per heavy atom. The summed E-state index contributed by atoms with van der Waals surface area (Å²) in [5.41, 5.74) is 1.36. The molecule has 6 heteroatoms. The lowest BCUT2D eigenvalue weighted by molar-refractivity contribution is -0.136. The van der Waals surface area contributed by atoms with Gasteiger partial charge in [-0.1, -0.05) is 0 Å². The molecule has 0 bridgehead atoms. The fraction of sp³-hybridized carbons (Fsp3) is 0.615. The van der Waals surface area contributed by atoms with E-state index in [2.05, 4.69) is 5.10 Å². The summed E-state index contributed by atoms with van der Waals surface area (Å²) in [4.78, 5) is 16.1. The van der Waals surface area contributed by atoms with E-state index in [-0.39, 0.29) is 11.9 Å². The molecule has 0 spiro atoms. The Bertz CT molecular complexity index is 514. The van der Waals surface area contributed by atoms with Crippen LogP contribution in [0.1, 0.15) is 24.7 Å². The lowest BCUT2D eigenvalue weighted by Gasteiger charge is -2.27. The number of likely N-dealkylation sites (N-methyl/N-ethyl adjacent to an activating group) is 1. The maximum absolute atomic E-state index is 12.4. The number of fused-ring (bicyclic) bond motifs is 1. The zero-order valence-corrected chi connectivity index (χ0v) is 11.6. The van der Waals surface area contributed by atoms with Gasteiger partial charge in [0.1, 0.15) is 6.07 Å². The van der Waals surface area contributed by atoms with E-state index >= 15 is 0 Å². The number of amides is 1. The van der Waals surface area contributed by atoms with Gasteiger partial charge >= 0.3 is 0 Å². The summed E-state index contributed by atoms with van der Waals surface area (Å²) in [6.45, 7) is 3.94. The molecule has 102 valence electrons. The van der Waals surface area contributed by atoms with Crippen LogP contribution < -0.4 is 0 Å². The van der Waals surface area contributed by atoms with Gasteiger partial charge in [0.25, 0.3) is 0 Å². The minimum atomic E-state index is -0.134. The van der Waals surface area contributed by atoms with Gasteiger partial charge in [-0.2, -0.15) is 10.4 Å². The highest BCUT2D eigenvalue weighted by Gasteiger charge is 2.25. The minimum absolute atomic E-state index is 0.123. The summed E-state index contributed by atoms with van der Waals surface area (Å²) in [5.74, 6) is 0.123. The van der Waals surface area contributed by atoms with Crippen molar-refractivity contribution in [3.63, 3.8) is 0 Å². The van der Waals surface area contributed by atoms with Crippen LogP contribution in [-0.2, 0) is 17.9 Å². The van der Waals surface area contributed by atoms with Crippen molar-refractivity contribution in [1.82, 2.24) is 19.6 Å². The van der Waals surface area contributed by atoms with E-state index in [1.54, 1.807) is 6.07 Å². The summed E-state index contributed by atoms with van der Waals surface area (Å²) in [5, 5.41) is 13.1. The summed E-state index contributed by atoms with van der Waals surface area (Å²) in [6, 6.07) is 3.68. The molecule has 6 nitrogen and oxygen atoms in total. The van der Waals surface area contributed by atoms with Crippen molar-refractivity contribution in [2.45, 2.75) is 32.5 Å². The maximum atomic E-state index is 12.4. The number of aryl methyl sites for hydroxylation is 1. The van der Waals surface area contributed by atoms with Crippen LogP contribution in [-0.4, -0.2) is 52.2 Å². The van der Waals surface area contributed by atoms with Crippen molar-refractivity contribution in [2.75, 3.05) is 20.6 Å². The van der Waals surface area contributed by atoms with Crippen molar-refractivity contribution in [1.29, 1.82) is 5.26 Å². The predicted molar refractivity (Wildman–Crippen MR) is 70.1 cm³/mol. The smallest absolute Gasteiger partial charge is 0.239 e. The zero-order chi connectivity index (χ0) is 14.0. The highest BCUT2D eigenvalue weighted by Crippen LogP contribution is 2.15. The Labute approximate surface area is 113 Å². The van der Waals surface area contributed by atoms with Crippen molar-refractivity contribution in [3.8, 4) is 6.07 Å². The van der Waals surface area contributed by atoms with Gasteiger partial charge in [-0.05, 0) is 33.5 Å². The number of carbonyl (C=O) groups excluding carboxylic acids is 1. The van der Waals surface area contributed by atoms with E-state index in [9.17, 15) is 4.79 Å². The summed E-state index contributed by atoms with van der Waals surface area (Å²) in [7, 11) is 3.80. The number of nitrogens with zero attached hydrogens (tertiary/aromatic N) is 5. The molecule has 0 saturated heterocycles. The lowest BCUT2D eigenvalue weighted by Crippen LogP contribution is -2.44. The molecule has 1 aromatic heterocycles. The molecule has 0 saturated carbocycles. The molecule has 2 rings (SSSR count). The molecule has 0 unspecified atom stereocenters. The fourth-order valence-electron chi connectivity index (χ4n) is 2.19. The Hall–Kier alpha value is -1.87. The number of rotatable bonds is 2. The van der Waals surface area contributed by atoms with E-state index in [4.69, 9.17) is 5.26 Å². The molecule has 1 aliphatic rings. The maximum Gasteiger partial charge on any atom is 0.239 e. The number of carbonyl (C=O) groups is 1. The second-order valence-electron chi connectivity index (χ2n) is 5.11. The molecule has 1 aliphatic heterocycles. The molecule has 0 N–H and O–H groups in total. The first-order valence-electron chi connectivity index (χ1n) is 6.45. The average molecular weight is 261 g/mol. The van der Waals surface area contributed by atoms with E-state index in [1.807, 2.05) is 41.6 Å². The molecule has 0 fully saturated rings. The third kappa shape index (κ3) is 2.76. The molecular weight excluding hydrogens is 242 g/mol. The summed E-state index contributed by atoms with van der Waals surface area (Å²) >= 11 is 0. The Kier molecular flexibility index (Phi) is 3.86. The van der Waals surface area contributed by atoms with Crippen LogP contribution in [0.25, 0.3) is 0 Å². The Morgan fingerprint density at radius 3 is 2.89 bits per heavy atom. The first-order valence-corrected chi connectivity index (χ1v) is 6.45. The quantitative estimate of drug-likeness (QED) is 0.774. The van der Waals surface area contributed by atoms with Crippen molar-refractivity contribution >= 4 is 5.91 Å². The molecule has 2 heterocycles. The third-order valence-corrected chi connectivity index (χ3v) is 3.57. The van der Waals surface area contributed by atoms with E-state index in [1.165, 1.54) is 0 Å². The van der Waals surface area contributed by atoms with Gasteiger partial charge in [-0.3, -0.25) is 14.4 Å². The number of hydrogen-bond donors (Lipinski definition) is 0. The van der Waals surface area contributed by atoms with Crippen LogP contribution in [0.3, 0.4) is 0 Å². The molecule has 1 amide bonds. The molecule has 0 radical (unpaired) electrons. The monoisotopic (exact) mass is 261 g/mol. The van der Waals surface area contributed by atoms with Gasteiger partial charge in [0.15, 0.2) is 5.69 Å². The first-order chi connectivity index (χ1) is 9.02. The highest BCUT2D eigenvalue weighted by molar-refractivity contribution is 5.81. The van der Waals surface area contributed by atoms with Gasteiger partial charge in [0.2, 0.25) is 5.91 Å². The van der Waals surface area contributed by atoms with Crippen molar-refractivity contribution in [2.24, 2.45) is 0 Å². The van der Waals surface area contributed by atoms with E-state index in [0.29, 0.717) is 12.2 Å². The average Bonchev–Trinajstić information content (AvgIpc) is 2.68. The molecule has 0 aliphatic carbocycles. The van der Waals surface area contributed by atoms with Crippen LogP contribution in [0.2, 0.25) is 0 Å². The minimum Gasteiger partial charge on any atom is -0.335 e. The van der Waals surface area contributed by atoms with Crippen LogP contribution >= 0.6 is 0 Å². The molecular formula is C13H19N5O. The van der Waals surface area contributed by atoms with Gasteiger partial charge < -0.3 is 4.90 Å². The summed E-state index contributed by atoms with van der Waals surface area (Å²) in [6.07, 6.45) is 0.867. The van der Waals surface area contributed by atoms with Gasteiger partial charge in [0.05, 0.1) is 18.3 Å². The third-order valence-electron chi connectivity index (χ3n) is 3.57. The van der Waals surface area contributed by atoms with Crippen LogP contribution in [0.5, 0.6) is 0 Å². The Balaban J connectivity index is 2.17. The van der Waals surface area contributed by atoms with Gasteiger partial charge in [0, 0.05) is 13.1 Å². The number of nitriles is 1. The van der Waals surface area contributed by atoms with Crippen LogP contribution in [0, 0.1) is 11.3 Å². The van der Waals surface area contributed by atoms with Crippen molar-refractivity contribution < 1.29 is 4.79 Å². The van der Waals surface area contributed by atoms with Crippen molar-refractivity contribution in [3.05, 3.63) is 17.5 Å². The second kappa shape index (κ2) is 5.41. The second-order valence-corrected chi connectivity index (χ2v) is 5.11. The topological polar surface area (TPSA) is 65.2 Å². The number of aromatic nitrogens is 2. The van der Waals surface area contributed by atoms with Crippen LogP contribution in [0.15, 0.2) is 6.07 Å². The fourth-order valence-corrected chi connectivity index (χ4v) is 2.19. The van der Waals surface area contributed by atoms with Gasteiger partial charge in [-0.25, -0.2) is 0 Å². The highest BCUT2D eigenvalue weighted by atomic mass is 16.2. The Morgan fingerprint density at radius 1 is 1.53 bits per heavy atom. The van der Waals surface area contributed by atoms with Gasteiger partial charge in [-0.15, -0.1) is 0 Å². The van der Waals surface area contributed by atoms with E-state index in [0.717, 1.165) is 25.2 Å². The number of hydrogen-bond acceptors (Lipinski definition) is 4. The normalized spacial score (nSPS) is 16.7. The lowest BCUT2D eigenvalue weighted by atomic mass is 10.2.